The average molecular weight is 406 g/mol. The summed E-state index contributed by atoms with van der Waals surface area (Å²) in [7, 11) is -4.09. The first kappa shape index (κ1) is 27.1. The predicted octanol–water partition coefficient (Wildman–Crippen LogP) is 7.55. The zero-order valence-corrected chi connectivity index (χ0v) is 19.1. The molecule has 0 aliphatic carbocycles. The van der Waals surface area contributed by atoms with Gasteiger partial charge in [0.05, 0.1) is 13.2 Å². The summed E-state index contributed by atoms with van der Waals surface area (Å²) in [6.07, 6.45) is 21.8. The highest BCUT2D eigenvalue weighted by Gasteiger charge is 2.08. The minimum Gasteiger partial charge on any atom is -0.756 e. The predicted molar refractivity (Wildman–Crippen MR) is 114 cm³/mol. The molecule has 27 heavy (non-hydrogen) atoms. The Balaban J connectivity index is 3.29. The van der Waals surface area contributed by atoms with Gasteiger partial charge in [-0.1, -0.05) is 117 Å². The van der Waals surface area contributed by atoms with Crippen LogP contribution < -0.4 is 4.89 Å². The van der Waals surface area contributed by atoms with Gasteiger partial charge in [-0.25, -0.2) is 0 Å². The monoisotopic (exact) mass is 405 g/mol. The van der Waals surface area contributed by atoms with E-state index in [0.29, 0.717) is 0 Å². The standard InChI is InChI=1S/C22H47O4P/c1-3-5-7-9-11-12-13-14-15-16-18-20-22-26-27(23,24)25-21-19-17-10-8-6-4-2/h3-22H2,1-2H3,(H,23,24)/p-1. The molecule has 1 atom stereocenters. The third-order valence-electron chi connectivity index (χ3n) is 4.99. The van der Waals surface area contributed by atoms with Crippen molar-refractivity contribution in [1.29, 1.82) is 0 Å². The van der Waals surface area contributed by atoms with Gasteiger partial charge in [0.25, 0.3) is 7.82 Å². The fraction of sp³-hybridized carbons (Fsp3) is 1.00. The molecule has 0 saturated heterocycles. The zero-order chi connectivity index (χ0) is 20.1. The number of unbranched alkanes of at least 4 members (excludes halogenated alkanes) is 16. The molecule has 0 aromatic carbocycles. The average Bonchev–Trinajstić information content (AvgIpc) is 2.64. The van der Waals surface area contributed by atoms with Gasteiger partial charge in [-0.2, -0.15) is 0 Å². The molecule has 0 fully saturated rings. The smallest absolute Gasteiger partial charge is 0.267 e. The van der Waals surface area contributed by atoms with Gasteiger partial charge in [0.15, 0.2) is 0 Å². The van der Waals surface area contributed by atoms with Gasteiger partial charge in [0.1, 0.15) is 0 Å². The van der Waals surface area contributed by atoms with Crippen LogP contribution >= 0.6 is 7.82 Å². The fourth-order valence-electron chi connectivity index (χ4n) is 3.22. The van der Waals surface area contributed by atoms with Crippen molar-refractivity contribution in [2.75, 3.05) is 13.2 Å². The van der Waals surface area contributed by atoms with E-state index in [-0.39, 0.29) is 13.2 Å². The lowest BCUT2D eigenvalue weighted by atomic mass is 10.1. The van der Waals surface area contributed by atoms with Gasteiger partial charge in [-0.15, -0.1) is 0 Å². The number of hydrogen-bond acceptors (Lipinski definition) is 4. The van der Waals surface area contributed by atoms with E-state index in [9.17, 15) is 9.46 Å². The highest BCUT2D eigenvalue weighted by Crippen LogP contribution is 2.38. The first-order valence-electron chi connectivity index (χ1n) is 11.7. The minimum absolute atomic E-state index is 0.255. The van der Waals surface area contributed by atoms with E-state index in [4.69, 9.17) is 9.05 Å². The summed E-state index contributed by atoms with van der Waals surface area (Å²) in [6.45, 7) is 4.95. The second kappa shape index (κ2) is 20.8. The van der Waals surface area contributed by atoms with E-state index >= 15 is 0 Å². The molecule has 0 aliphatic rings. The summed E-state index contributed by atoms with van der Waals surface area (Å²) in [4.78, 5) is 11.7. The Hall–Kier alpha value is 0.110. The maximum atomic E-state index is 11.7. The second-order valence-corrected chi connectivity index (χ2v) is 9.18. The molecular weight excluding hydrogens is 359 g/mol. The van der Waals surface area contributed by atoms with E-state index in [1.807, 2.05) is 0 Å². The van der Waals surface area contributed by atoms with Crippen molar-refractivity contribution in [2.24, 2.45) is 0 Å². The molecule has 0 amide bonds. The Morgan fingerprint density at radius 1 is 0.519 bits per heavy atom. The Labute approximate surface area is 169 Å². The molecule has 164 valence electrons. The molecule has 0 aromatic heterocycles. The molecule has 5 heteroatoms. The zero-order valence-electron chi connectivity index (χ0n) is 18.2. The van der Waals surface area contributed by atoms with Crippen molar-refractivity contribution in [3.8, 4) is 0 Å². The molecule has 0 aromatic rings. The highest BCUT2D eigenvalue weighted by molar-refractivity contribution is 7.45. The molecule has 0 N–H and O–H groups in total. The van der Waals surface area contributed by atoms with E-state index in [0.717, 1.165) is 32.1 Å². The maximum absolute atomic E-state index is 11.7. The van der Waals surface area contributed by atoms with Crippen molar-refractivity contribution in [1.82, 2.24) is 0 Å². The van der Waals surface area contributed by atoms with Crippen LogP contribution in [0.3, 0.4) is 0 Å². The summed E-state index contributed by atoms with van der Waals surface area (Å²) < 4.78 is 21.5. The molecule has 0 rings (SSSR count). The van der Waals surface area contributed by atoms with Crippen LogP contribution in [-0.2, 0) is 13.6 Å². The lowest BCUT2D eigenvalue weighted by Crippen LogP contribution is -2.10. The lowest BCUT2D eigenvalue weighted by molar-refractivity contribution is -0.225. The van der Waals surface area contributed by atoms with Gasteiger partial charge in [-0.05, 0) is 12.8 Å². The Kier molecular flexibility index (Phi) is 20.9. The van der Waals surface area contributed by atoms with E-state index < -0.39 is 7.82 Å². The molecule has 0 spiro atoms. The van der Waals surface area contributed by atoms with Gasteiger partial charge in [0.2, 0.25) is 0 Å². The maximum Gasteiger partial charge on any atom is 0.267 e. The number of hydrogen-bond donors (Lipinski definition) is 0. The van der Waals surface area contributed by atoms with Crippen LogP contribution in [0.1, 0.15) is 129 Å². The third-order valence-corrected chi connectivity index (χ3v) is 5.99. The quantitative estimate of drug-likeness (QED) is 0.138. The Bertz CT molecular complexity index is 336. The van der Waals surface area contributed by atoms with Crippen molar-refractivity contribution in [3.63, 3.8) is 0 Å². The van der Waals surface area contributed by atoms with E-state index in [1.54, 1.807) is 0 Å². The molecule has 0 saturated carbocycles. The molecule has 0 heterocycles. The van der Waals surface area contributed by atoms with Crippen molar-refractivity contribution in [3.05, 3.63) is 0 Å². The second-order valence-electron chi connectivity index (χ2n) is 7.77. The van der Waals surface area contributed by atoms with Crippen LogP contribution in [0.4, 0.5) is 0 Å². The summed E-state index contributed by atoms with van der Waals surface area (Å²) in [6, 6.07) is 0. The Morgan fingerprint density at radius 2 is 0.778 bits per heavy atom. The lowest BCUT2D eigenvalue weighted by Gasteiger charge is -2.22. The third kappa shape index (κ3) is 22.3. The molecular formula is C22H46O4P-. The molecule has 1 unspecified atom stereocenters. The molecule has 4 nitrogen and oxygen atoms in total. The van der Waals surface area contributed by atoms with Crippen LogP contribution in [0.5, 0.6) is 0 Å². The highest BCUT2D eigenvalue weighted by atomic mass is 31.2. The van der Waals surface area contributed by atoms with Crippen LogP contribution in [0.25, 0.3) is 0 Å². The number of phosphoric ester groups is 1. The minimum atomic E-state index is -4.09. The van der Waals surface area contributed by atoms with Gasteiger partial charge >= 0.3 is 0 Å². The molecule has 0 aliphatic heterocycles. The van der Waals surface area contributed by atoms with E-state index in [1.165, 1.54) is 83.5 Å². The Morgan fingerprint density at radius 3 is 1.07 bits per heavy atom. The largest absolute Gasteiger partial charge is 0.756 e. The normalized spacial score (nSPS) is 13.7. The molecule has 0 radical (unpaired) electrons. The summed E-state index contributed by atoms with van der Waals surface area (Å²) in [5.41, 5.74) is 0. The van der Waals surface area contributed by atoms with Gasteiger partial charge < -0.3 is 13.9 Å². The van der Waals surface area contributed by atoms with Crippen molar-refractivity contribution >= 4 is 7.82 Å². The van der Waals surface area contributed by atoms with Crippen LogP contribution in [0, 0.1) is 0 Å². The topological polar surface area (TPSA) is 58.6 Å². The van der Waals surface area contributed by atoms with Crippen LogP contribution in [0.15, 0.2) is 0 Å². The van der Waals surface area contributed by atoms with Crippen LogP contribution in [-0.4, -0.2) is 13.2 Å². The summed E-state index contributed by atoms with van der Waals surface area (Å²) >= 11 is 0. The van der Waals surface area contributed by atoms with Gasteiger partial charge in [-0.3, -0.25) is 4.57 Å². The fourth-order valence-corrected chi connectivity index (χ4v) is 4.00. The summed E-state index contributed by atoms with van der Waals surface area (Å²) in [5.74, 6) is 0. The SMILES string of the molecule is CCCCCCCCCCCCCCOP(=O)([O-])OCCCCCCCC. The van der Waals surface area contributed by atoms with Gasteiger partial charge in [0, 0.05) is 0 Å². The van der Waals surface area contributed by atoms with Crippen molar-refractivity contribution in [2.45, 2.75) is 129 Å². The van der Waals surface area contributed by atoms with Crippen molar-refractivity contribution < 1.29 is 18.5 Å². The number of phosphoric acid groups is 1. The summed E-state index contributed by atoms with van der Waals surface area (Å²) in [5, 5.41) is 0. The first-order chi connectivity index (χ1) is 13.1. The van der Waals surface area contributed by atoms with Crippen LogP contribution in [0.2, 0.25) is 0 Å². The molecule has 0 bridgehead atoms. The number of rotatable bonds is 22. The van der Waals surface area contributed by atoms with E-state index in [2.05, 4.69) is 13.8 Å². The first-order valence-corrected chi connectivity index (χ1v) is 13.2.